The first-order valence-corrected chi connectivity index (χ1v) is 8.91. The third-order valence-corrected chi connectivity index (χ3v) is 4.64. The van der Waals surface area contributed by atoms with Gasteiger partial charge in [0.1, 0.15) is 0 Å². The van der Waals surface area contributed by atoms with Crippen LogP contribution in [0.15, 0.2) is 46.7 Å². The lowest BCUT2D eigenvalue weighted by Crippen LogP contribution is -2.29. The van der Waals surface area contributed by atoms with E-state index in [-0.39, 0.29) is 17.3 Å². The molecule has 0 fully saturated rings. The van der Waals surface area contributed by atoms with Crippen molar-refractivity contribution in [3.05, 3.63) is 46.7 Å². The fourth-order valence-corrected chi connectivity index (χ4v) is 3.26. The first-order valence-electron chi connectivity index (χ1n) is 6.48. The average molecular weight is 339 g/mol. The van der Waals surface area contributed by atoms with Crippen molar-refractivity contribution in [3.63, 3.8) is 0 Å². The molecule has 0 atom stereocenters. The van der Waals surface area contributed by atoms with Crippen LogP contribution < -0.4 is 10.5 Å². The summed E-state index contributed by atoms with van der Waals surface area (Å²) in [5, 5.41) is 9.72. The molecule has 6 nitrogen and oxygen atoms in total. The van der Waals surface area contributed by atoms with Crippen molar-refractivity contribution in [3.8, 4) is 0 Å². The highest BCUT2D eigenvalue weighted by molar-refractivity contribution is 7.89. The molecule has 2 rings (SSSR count). The first kappa shape index (κ1) is 16.6. The molecular formula is C14H17N3O3S2. The molecule has 118 valence electrons. The van der Waals surface area contributed by atoms with Crippen molar-refractivity contribution in [2.24, 2.45) is 5.14 Å². The van der Waals surface area contributed by atoms with Crippen LogP contribution in [-0.2, 0) is 21.4 Å². The van der Waals surface area contributed by atoms with Gasteiger partial charge in [0.25, 0.3) is 0 Å². The fraction of sp³-hybridized carbons (Fsp3) is 0.214. The number of amides is 1. The Morgan fingerprint density at radius 1 is 1.32 bits per heavy atom. The van der Waals surface area contributed by atoms with E-state index in [1.165, 1.54) is 23.1 Å². The molecule has 0 saturated heterocycles. The molecule has 2 aromatic rings. The standard InChI is InChI=1S/C14H17N3O3S2/c1-17(9-12-5-3-7-21-12)10-14(18)16-11-4-2-6-13(8-11)22(15,19)20/h2-8H,9-10H2,1H3,(H,16,18)(H2,15,19,20). The number of hydrogen-bond donors (Lipinski definition) is 2. The van der Waals surface area contributed by atoms with Gasteiger partial charge in [-0.15, -0.1) is 11.3 Å². The number of thiophene rings is 1. The number of primary sulfonamides is 1. The second kappa shape index (κ2) is 7.01. The van der Waals surface area contributed by atoms with Gasteiger partial charge in [0.15, 0.2) is 0 Å². The molecule has 3 N–H and O–H groups in total. The van der Waals surface area contributed by atoms with Crippen LogP contribution in [0.25, 0.3) is 0 Å². The molecular weight excluding hydrogens is 322 g/mol. The molecule has 0 aliphatic heterocycles. The highest BCUT2D eigenvalue weighted by Crippen LogP contribution is 2.14. The minimum absolute atomic E-state index is 0.0303. The van der Waals surface area contributed by atoms with Gasteiger partial charge >= 0.3 is 0 Å². The van der Waals surface area contributed by atoms with Crippen molar-refractivity contribution in [1.82, 2.24) is 4.90 Å². The van der Waals surface area contributed by atoms with E-state index in [4.69, 9.17) is 5.14 Å². The predicted octanol–water partition coefficient (Wildman–Crippen LogP) is 1.47. The third-order valence-electron chi connectivity index (χ3n) is 2.87. The molecule has 0 radical (unpaired) electrons. The largest absolute Gasteiger partial charge is 0.325 e. The number of nitrogens with zero attached hydrogens (tertiary/aromatic N) is 1. The SMILES string of the molecule is CN(CC(=O)Nc1cccc(S(N)(=O)=O)c1)Cc1cccs1. The topological polar surface area (TPSA) is 92.5 Å². The molecule has 1 aromatic heterocycles. The maximum atomic E-state index is 12.0. The van der Waals surface area contributed by atoms with E-state index < -0.39 is 10.0 Å². The summed E-state index contributed by atoms with van der Waals surface area (Å²) in [6.45, 7) is 0.889. The normalized spacial score (nSPS) is 11.6. The summed E-state index contributed by atoms with van der Waals surface area (Å²) < 4.78 is 22.6. The van der Waals surface area contributed by atoms with Crippen LogP contribution in [0.3, 0.4) is 0 Å². The maximum Gasteiger partial charge on any atom is 0.238 e. The maximum absolute atomic E-state index is 12.0. The lowest BCUT2D eigenvalue weighted by atomic mass is 10.3. The molecule has 1 aromatic carbocycles. The molecule has 0 saturated carbocycles. The number of carbonyl (C=O) groups excluding carboxylic acids is 1. The van der Waals surface area contributed by atoms with Crippen LogP contribution in [0.1, 0.15) is 4.88 Å². The summed E-state index contributed by atoms with van der Waals surface area (Å²) in [7, 11) is -1.93. The second-order valence-electron chi connectivity index (χ2n) is 4.87. The van der Waals surface area contributed by atoms with Crippen LogP contribution in [0.5, 0.6) is 0 Å². The number of nitrogens with one attached hydrogen (secondary N) is 1. The van der Waals surface area contributed by atoms with Gasteiger partial charge in [-0.25, -0.2) is 13.6 Å². The molecule has 8 heteroatoms. The zero-order chi connectivity index (χ0) is 16.2. The fourth-order valence-electron chi connectivity index (χ4n) is 1.92. The Balaban J connectivity index is 1.94. The van der Waals surface area contributed by atoms with Crippen molar-refractivity contribution in [1.29, 1.82) is 0 Å². The molecule has 1 amide bonds. The molecule has 0 aliphatic carbocycles. The van der Waals surface area contributed by atoms with Gasteiger partial charge in [-0.05, 0) is 36.7 Å². The van der Waals surface area contributed by atoms with Crippen molar-refractivity contribution < 1.29 is 13.2 Å². The van der Waals surface area contributed by atoms with Crippen LogP contribution in [0.2, 0.25) is 0 Å². The lowest BCUT2D eigenvalue weighted by Gasteiger charge is -2.15. The van der Waals surface area contributed by atoms with Crippen molar-refractivity contribution in [2.75, 3.05) is 18.9 Å². The number of benzene rings is 1. The summed E-state index contributed by atoms with van der Waals surface area (Å²) in [5.74, 6) is -0.217. The first-order chi connectivity index (χ1) is 10.3. The lowest BCUT2D eigenvalue weighted by molar-refractivity contribution is -0.117. The van der Waals surface area contributed by atoms with Gasteiger partial charge in [-0.3, -0.25) is 9.69 Å². The second-order valence-corrected chi connectivity index (χ2v) is 7.47. The molecule has 0 spiro atoms. The van der Waals surface area contributed by atoms with Crippen LogP contribution >= 0.6 is 11.3 Å². The Hall–Kier alpha value is -1.74. The highest BCUT2D eigenvalue weighted by Gasteiger charge is 2.11. The number of rotatable bonds is 6. The monoisotopic (exact) mass is 339 g/mol. The minimum atomic E-state index is -3.78. The van der Waals surface area contributed by atoms with E-state index >= 15 is 0 Å². The molecule has 1 heterocycles. The number of carbonyl (C=O) groups is 1. The molecule has 0 bridgehead atoms. The van der Waals surface area contributed by atoms with Gasteiger partial charge in [-0.2, -0.15) is 0 Å². The summed E-state index contributed by atoms with van der Waals surface area (Å²) in [4.78, 5) is 15.0. The van der Waals surface area contributed by atoms with E-state index in [1.54, 1.807) is 17.4 Å². The van der Waals surface area contributed by atoms with Crippen molar-refractivity contribution in [2.45, 2.75) is 11.4 Å². The summed E-state index contributed by atoms with van der Waals surface area (Å²) in [5.41, 5.74) is 0.404. The summed E-state index contributed by atoms with van der Waals surface area (Å²) >= 11 is 1.63. The van der Waals surface area contributed by atoms with Crippen molar-refractivity contribution >= 4 is 33.0 Å². The molecule has 0 unspecified atom stereocenters. The van der Waals surface area contributed by atoms with Crippen LogP contribution in [0, 0.1) is 0 Å². The van der Waals surface area contributed by atoms with Crippen LogP contribution in [-0.4, -0.2) is 32.8 Å². The Kier molecular flexibility index (Phi) is 5.30. The smallest absolute Gasteiger partial charge is 0.238 e. The Morgan fingerprint density at radius 3 is 2.73 bits per heavy atom. The Morgan fingerprint density at radius 2 is 2.09 bits per heavy atom. The molecule has 22 heavy (non-hydrogen) atoms. The number of nitrogens with two attached hydrogens (primary N) is 1. The van der Waals surface area contributed by atoms with E-state index in [0.29, 0.717) is 12.2 Å². The number of likely N-dealkylation sites (N-methyl/N-ethyl adjacent to an activating group) is 1. The zero-order valence-corrected chi connectivity index (χ0v) is 13.7. The van der Waals surface area contributed by atoms with Gasteiger partial charge in [0.2, 0.25) is 15.9 Å². The number of sulfonamides is 1. The minimum Gasteiger partial charge on any atom is -0.325 e. The van der Waals surface area contributed by atoms with E-state index in [2.05, 4.69) is 5.32 Å². The third kappa shape index (κ3) is 4.92. The summed E-state index contributed by atoms with van der Waals surface area (Å²) in [6, 6.07) is 9.85. The average Bonchev–Trinajstić information content (AvgIpc) is 2.90. The Bertz CT molecular complexity index is 742. The Labute approximate surface area is 133 Å². The van der Waals surface area contributed by atoms with Crippen LogP contribution in [0.4, 0.5) is 5.69 Å². The quantitative estimate of drug-likeness (QED) is 0.833. The van der Waals surface area contributed by atoms with E-state index in [1.807, 2.05) is 29.5 Å². The number of hydrogen-bond acceptors (Lipinski definition) is 5. The van der Waals surface area contributed by atoms with Gasteiger partial charge < -0.3 is 5.32 Å². The van der Waals surface area contributed by atoms with Gasteiger partial charge in [0.05, 0.1) is 11.4 Å². The van der Waals surface area contributed by atoms with Gasteiger partial charge in [0, 0.05) is 17.1 Å². The number of anilines is 1. The van der Waals surface area contributed by atoms with E-state index in [0.717, 1.165) is 0 Å². The van der Waals surface area contributed by atoms with E-state index in [9.17, 15) is 13.2 Å². The zero-order valence-electron chi connectivity index (χ0n) is 12.0. The van der Waals surface area contributed by atoms with Gasteiger partial charge in [-0.1, -0.05) is 12.1 Å². The molecule has 0 aliphatic rings. The predicted molar refractivity (Wildman–Crippen MR) is 87.1 cm³/mol. The summed E-state index contributed by atoms with van der Waals surface area (Å²) in [6.07, 6.45) is 0. The highest BCUT2D eigenvalue weighted by atomic mass is 32.2.